The highest BCUT2D eigenvalue weighted by atomic mass is 79.9. The smallest absolute Gasteiger partial charge is 0.322 e. The van der Waals surface area contributed by atoms with Gasteiger partial charge in [-0.3, -0.25) is 9.59 Å². The van der Waals surface area contributed by atoms with Crippen LogP contribution in [0, 0.1) is 0 Å². The molecule has 0 unspecified atom stereocenters. The van der Waals surface area contributed by atoms with Crippen LogP contribution in [0.2, 0.25) is 0 Å². The van der Waals surface area contributed by atoms with E-state index >= 15 is 0 Å². The number of benzene rings is 1. The van der Waals surface area contributed by atoms with Crippen LogP contribution in [0.5, 0.6) is 0 Å². The van der Waals surface area contributed by atoms with Crippen LogP contribution in [0.3, 0.4) is 0 Å². The molecule has 2 N–H and O–H groups in total. The minimum Gasteiger partial charge on any atom is -0.352 e. The zero-order valence-electron chi connectivity index (χ0n) is 13.7. The highest BCUT2D eigenvalue weighted by molar-refractivity contribution is 9.10. The first-order valence-corrected chi connectivity index (χ1v) is 8.53. The maximum Gasteiger partial charge on any atom is 0.322 e. The second-order valence-electron chi connectivity index (χ2n) is 5.90. The molecule has 0 radical (unpaired) electrons. The molecule has 7 nitrogen and oxygen atoms in total. The molecule has 0 bridgehead atoms. The molecule has 0 spiro atoms. The number of piperazine rings is 1. The van der Waals surface area contributed by atoms with E-state index in [1.165, 1.54) is 9.80 Å². The lowest BCUT2D eigenvalue weighted by atomic mass is 10.3. The zero-order chi connectivity index (χ0) is 17.7. The van der Waals surface area contributed by atoms with Crippen LogP contribution in [-0.2, 0) is 9.59 Å². The summed E-state index contributed by atoms with van der Waals surface area (Å²) in [5.41, 5.74) is 0.661. The molecular weight excluding hydrogens is 376 g/mol. The van der Waals surface area contributed by atoms with E-state index in [0.717, 1.165) is 4.47 Å². The van der Waals surface area contributed by atoms with Gasteiger partial charge >= 0.3 is 6.03 Å². The molecule has 0 aromatic heterocycles. The average molecular weight is 397 g/mol. The number of anilines is 1. The lowest BCUT2D eigenvalue weighted by Gasteiger charge is -2.34. The van der Waals surface area contributed by atoms with Crippen LogP contribution >= 0.6 is 15.9 Å². The van der Waals surface area contributed by atoms with Gasteiger partial charge in [-0.25, -0.2) is 4.79 Å². The zero-order valence-corrected chi connectivity index (χ0v) is 15.3. The number of hydrogen-bond acceptors (Lipinski definition) is 3. The van der Waals surface area contributed by atoms with E-state index in [9.17, 15) is 14.4 Å². The summed E-state index contributed by atoms with van der Waals surface area (Å²) in [5, 5.41) is 5.51. The van der Waals surface area contributed by atoms with Crippen molar-refractivity contribution in [3.8, 4) is 0 Å². The number of halogens is 1. The lowest BCUT2D eigenvalue weighted by Crippen LogP contribution is -2.55. The van der Waals surface area contributed by atoms with Crippen molar-refractivity contribution in [2.45, 2.75) is 19.9 Å². The van der Waals surface area contributed by atoms with Gasteiger partial charge in [-0.2, -0.15) is 0 Å². The predicted octanol–water partition coefficient (Wildman–Crippen LogP) is 1.65. The van der Waals surface area contributed by atoms with Crippen molar-refractivity contribution in [2.75, 3.05) is 31.5 Å². The molecule has 4 amide bonds. The fourth-order valence-electron chi connectivity index (χ4n) is 2.33. The molecule has 0 aliphatic carbocycles. The average Bonchev–Trinajstić information content (AvgIpc) is 2.50. The number of carbonyl (C=O) groups excluding carboxylic acids is 3. The molecule has 1 aromatic rings. The molecule has 1 fully saturated rings. The van der Waals surface area contributed by atoms with Crippen molar-refractivity contribution < 1.29 is 14.4 Å². The van der Waals surface area contributed by atoms with Gasteiger partial charge in [0.15, 0.2) is 0 Å². The van der Waals surface area contributed by atoms with E-state index in [1.807, 2.05) is 26.0 Å². The minimum absolute atomic E-state index is 0.0270. The summed E-state index contributed by atoms with van der Waals surface area (Å²) in [5.74, 6) is -0.419. The van der Waals surface area contributed by atoms with E-state index in [2.05, 4.69) is 26.6 Å². The predicted molar refractivity (Wildman–Crippen MR) is 94.6 cm³/mol. The van der Waals surface area contributed by atoms with E-state index in [0.29, 0.717) is 18.8 Å². The van der Waals surface area contributed by atoms with Crippen LogP contribution in [0.15, 0.2) is 28.7 Å². The molecule has 1 heterocycles. The molecule has 1 saturated heterocycles. The molecule has 1 aliphatic heterocycles. The Bertz CT molecular complexity index is 618. The van der Waals surface area contributed by atoms with Crippen LogP contribution < -0.4 is 10.6 Å². The summed E-state index contributed by atoms with van der Waals surface area (Å²) in [7, 11) is 0. The second-order valence-corrected chi connectivity index (χ2v) is 6.81. The van der Waals surface area contributed by atoms with E-state index in [4.69, 9.17) is 0 Å². The minimum atomic E-state index is -0.322. The van der Waals surface area contributed by atoms with Gasteiger partial charge in [0.2, 0.25) is 11.8 Å². The fourth-order valence-corrected chi connectivity index (χ4v) is 2.59. The van der Waals surface area contributed by atoms with Crippen LogP contribution in [0.4, 0.5) is 10.5 Å². The Balaban J connectivity index is 1.85. The monoisotopic (exact) mass is 396 g/mol. The normalized spacial score (nSPS) is 14.8. The van der Waals surface area contributed by atoms with Gasteiger partial charge in [0.1, 0.15) is 6.54 Å². The van der Waals surface area contributed by atoms with Crippen LogP contribution in [0.25, 0.3) is 0 Å². The standard InChI is InChI=1S/C16H21BrN4O3/c1-11(2)18-14(22)9-20-7-8-21(10-15(20)23)16(24)19-13-5-3-12(17)4-6-13/h3-6,11H,7-10H2,1-2H3,(H,18,22)(H,19,24). The first-order valence-electron chi connectivity index (χ1n) is 7.74. The SMILES string of the molecule is CC(C)NC(=O)CN1CCN(C(=O)Nc2ccc(Br)cc2)CC1=O. The van der Waals surface area contributed by atoms with Gasteiger partial charge in [0.05, 0.1) is 6.54 Å². The third-order valence-corrected chi connectivity index (χ3v) is 4.01. The Morgan fingerprint density at radius 1 is 1.21 bits per heavy atom. The molecule has 0 saturated carbocycles. The highest BCUT2D eigenvalue weighted by Crippen LogP contribution is 2.15. The fraction of sp³-hybridized carbons (Fsp3) is 0.438. The first-order chi connectivity index (χ1) is 11.3. The number of urea groups is 1. The summed E-state index contributed by atoms with van der Waals surface area (Å²) >= 11 is 3.33. The summed E-state index contributed by atoms with van der Waals surface area (Å²) in [6.45, 7) is 4.46. The van der Waals surface area contributed by atoms with Crippen molar-refractivity contribution in [3.63, 3.8) is 0 Å². The van der Waals surface area contributed by atoms with Gasteiger partial charge < -0.3 is 20.4 Å². The number of nitrogens with one attached hydrogen (secondary N) is 2. The Labute approximate surface area is 149 Å². The molecule has 130 valence electrons. The Hall–Kier alpha value is -2.09. The number of hydrogen-bond donors (Lipinski definition) is 2. The Kier molecular flexibility index (Phi) is 6.19. The first kappa shape index (κ1) is 18.3. The number of carbonyl (C=O) groups is 3. The van der Waals surface area contributed by atoms with Crippen molar-refractivity contribution in [2.24, 2.45) is 0 Å². The molecule has 0 atom stereocenters. The summed E-state index contributed by atoms with van der Waals surface area (Å²) in [4.78, 5) is 39.0. The Morgan fingerprint density at radius 2 is 1.88 bits per heavy atom. The van der Waals surface area contributed by atoms with E-state index in [1.54, 1.807) is 12.1 Å². The highest BCUT2D eigenvalue weighted by Gasteiger charge is 2.28. The molecule has 1 aromatic carbocycles. The quantitative estimate of drug-likeness (QED) is 0.811. The summed E-state index contributed by atoms with van der Waals surface area (Å²) < 4.78 is 0.920. The van der Waals surface area contributed by atoms with Crippen molar-refractivity contribution in [3.05, 3.63) is 28.7 Å². The van der Waals surface area contributed by atoms with Crippen molar-refractivity contribution in [1.29, 1.82) is 0 Å². The largest absolute Gasteiger partial charge is 0.352 e. The third-order valence-electron chi connectivity index (χ3n) is 3.49. The Morgan fingerprint density at radius 3 is 2.46 bits per heavy atom. The van der Waals surface area contributed by atoms with E-state index in [-0.39, 0.29) is 37.0 Å². The molecule has 8 heteroatoms. The van der Waals surface area contributed by atoms with Gasteiger partial charge in [-0.1, -0.05) is 15.9 Å². The third kappa shape index (κ3) is 5.23. The second kappa shape index (κ2) is 8.14. The number of rotatable bonds is 4. The molecule has 1 aliphatic rings. The number of nitrogens with zero attached hydrogens (tertiary/aromatic N) is 2. The van der Waals surface area contributed by atoms with Crippen molar-refractivity contribution in [1.82, 2.24) is 15.1 Å². The van der Waals surface area contributed by atoms with Gasteiger partial charge in [0, 0.05) is 29.3 Å². The van der Waals surface area contributed by atoms with Crippen molar-refractivity contribution >= 4 is 39.5 Å². The molecular formula is C16H21BrN4O3. The van der Waals surface area contributed by atoms with Crippen LogP contribution in [-0.4, -0.2) is 59.9 Å². The lowest BCUT2D eigenvalue weighted by molar-refractivity contribution is -0.139. The topological polar surface area (TPSA) is 81.8 Å². The number of amides is 4. The summed E-state index contributed by atoms with van der Waals surface area (Å²) in [6.07, 6.45) is 0. The van der Waals surface area contributed by atoms with Gasteiger partial charge in [0.25, 0.3) is 0 Å². The van der Waals surface area contributed by atoms with Gasteiger partial charge in [-0.15, -0.1) is 0 Å². The molecule has 2 rings (SSSR count). The summed E-state index contributed by atoms with van der Waals surface area (Å²) in [6, 6.07) is 6.91. The van der Waals surface area contributed by atoms with Gasteiger partial charge in [-0.05, 0) is 38.1 Å². The maximum absolute atomic E-state index is 12.2. The van der Waals surface area contributed by atoms with Crippen LogP contribution in [0.1, 0.15) is 13.8 Å². The maximum atomic E-state index is 12.2. The molecule has 24 heavy (non-hydrogen) atoms. The van der Waals surface area contributed by atoms with E-state index < -0.39 is 0 Å².